The van der Waals surface area contributed by atoms with Gasteiger partial charge in [0.15, 0.2) is 14.7 Å². The van der Waals surface area contributed by atoms with Crippen LogP contribution in [0.15, 0.2) is 99.6 Å². The van der Waals surface area contributed by atoms with Crippen LogP contribution in [0.3, 0.4) is 0 Å². The third kappa shape index (κ3) is 3.42. The predicted molar refractivity (Wildman–Crippen MR) is 86.5 cm³/mol. The lowest BCUT2D eigenvalue weighted by molar-refractivity contribution is -0.139. The van der Waals surface area contributed by atoms with Crippen molar-refractivity contribution in [1.82, 2.24) is 0 Å². The van der Waals surface area contributed by atoms with E-state index in [4.69, 9.17) is 0 Å². The van der Waals surface area contributed by atoms with E-state index >= 15 is 0 Å². The third-order valence-corrected chi connectivity index (χ3v) is 5.65. The topological polar surface area (TPSA) is 0 Å². The number of halogens is 3. The zero-order valence-corrected chi connectivity index (χ0v) is 12.9. The van der Waals surface area contributed by atoms with Crippen LogP contribution in [0.4, 0.5) is 13.2 Å². The second-order valence-electron chi connectivity index (χ2n) is 4.93. The Balaban J connectivity index is 2.22. The Bertz CT molecular complexity index is 728. The van der Waals surface area contributed by atoms with Gasteiger partial charge in [-0.1, -0.05) is 48.5 Å². The van der Waals surface area contributed by atoms with E-state index in [1.54, 1.807) is 12.1 Å². The first-order valence-corrected chi connectivity index (χ1v) is 8.30. The molecule has 0 amide bonds. The van der Waals surface area contributed by atoms with Crippen molar-refractivity contribution in [2.45, 2.75) is 20.9 Å². The summed E-state index contributed by atoms with van der Waals surface area (Å²) in [6, 6.07) is 24.5. The predicted octanol–water partition coefficient (Wildman–Crippen LogP) is 5.80. The summed E-state index contributed by atoms with van der Waals surface area (Å²) in [5.41, 5.74) is -0.573. The summed E-state index contributed by atoms with van der Waals surface area (Å²) >= 11 is 0. The molecule has 0 N–H and O–H groups in total. The summed E-state index contributed by atoms with van der Waals surface area (Å²) in [7, 11) is -0.793. The van der Waals surface area contributed by atoms with Crippen LogP contribution < -0.4 is 0 Å². The molecule has 0 heterocycles. The highest BCUT2D eigenvalue weighted by molar-refractivity contribution is 7.97. The normalized spacial score (nSPS) is 11.7. The van der Waals surface area contributed by atoms with Gasteiger partial charge in [0.05, 0.1) is 10.9 Å². The molecule has 0 spiro atoms. The monoisotopic (exact) mass is 331 g/mol. The molecule has 23 heavy (non-hydrogen) atoms. The molecular weight excluding hydrogens is 317 g/mol. The lowest BCUT2D eigenvalue weighted by Gasteiger charge is -2.13. The zero-order chi connectivity index (χ0) is 16.3. The minimum Gasteiger partial charge on any atom is -0.166 e. The van der Waals surface area contributed by atoms with Gasteiger partial charge in [0, 0.05) is 0 Å². The molecule has 3 aromatic rings. The van der Waals surface area contributed by atoms with Crippen LogP contribution in [-0.4, -0.2) is 0 Å². The van der Waals surface area contributed by atoms with Crippen LogP contribution in [0.25, 0.3) is 0 Å². The van der Waals surface area contributed by atoms with Crippen molar-refractivity contribution in [1.29, 1.82) is 0 Å². The van der Waals surface area contributed by atoms with Gasteiger partial charge in [-0.25, -0.2) is 0 Å². The first-order chi connectivity index (χ1) is 11.1. The molecule has 0 aliphatic heterocycles. The fourth-order valence-electron chi connectivity index (χ4n) is 2.38. The Morgan fingerprint density at radius 2 is 1.00 bits per heavy atom. The van der Waals surface area contributed by atoms with E-state index in [1.165, 1.54) is 6.07 Å². The van der Waals surface area contributed by atoms with E-state index in [0.717, 1.165) is 15.9 Å². The standard InChI is InChI=1S/C19H14F3S/c20-19(21,22)17-13-7-8-14-18(17)23(15-9-3-1-4-10-15)16-11-5-2-6-12-16/h1-14H/q+1. The largest absolute Gasteiger partial charge is 0.421 e. The summed E-state index contributed by atoms with van der Waals surface area (Å²) in [5, 5.41) is 0. The molecular formula is C19H14F3S+. The Hall–Kier alpha value is -2.20. The van der Waals surface area contributed by atoms with E-state index in [-0.39, 0.29) is 0 Å². The molecule has 0 nitrogen and oxygen atoms in total. The quantitative estimate of drug-likeness (QED) is 0.532. The van der Waals surface area contributed by atoms with Gasteiger partial charge in [-0.05, 0) is 36.4 Å². The van der Waals surface area contributed by atoms with Gasteiger partial charge >= 0.3 is 6.18 Å². The van der Waals surface area contributed by atoms with Crippen LogP contribution in [0, 0.1) is 0 Å². The molecule has 0 saturated carbocycles. The molecule has 0 saturated heterocycles. The average molecular weight is 331 g/mol. The summed E-state index contributed by atoms with van der Waals surface area (Å²) in [6.45, 7) is 0. The van der Waals surface area contributed by atoms with Crippen molar-refractivity contribution in [3.8, 4) is 0 Å². The van der Waals surface area contributed by atoms with Crippen molar-refractivity contribution in [3.63, 3.8) is 0 Å². The van der Waals surface area contributed by atoms with Gasteiger partial charge in [-0.3, -0.25) is 0 Å². The van der Waals surface area contributed by atoms with Gasteiger partial charge in [-0.15, -0.1) is 0 Å². The van der Waals surface area contributed by atoms with E-state index in [1.807, 2.05) is 60.7 Å². The van der Waals surface area contributed by atoms with Crippen molar-refractivity contribution < 1.29 is 13.2 Å². The maximum atomic E-state index is 13.4. The summed E-state index contributed by atoms with van der Waals surface area (Å²) in [6.07, 6.45) is -4.37. The van der Waals surface area contributed by atoms with Crippen LogP contribution in [0.2, 0.25) is 0 Å². The van der Waals surface area contributed by atoms with Crippen molar-refractivity contribution in [2.75, 3.05) is 0 Å². The Labute approximate surface area is 135 Å². The molecule has 0 atom stereocenters. The number of alkyl halides is 3. The highest BCUT2D eigenvalue weighted by Gasteiger charge is 2.41. The van der Waals surface area contributed by atoms with Gasteiger partial charge in [0.2, 0.25) is 0 Å². The molecule has 0 aliphatic rings. The summed E-state index contributed by atoms with van der Waals surface area (Å²) in [4.78, 5) is 2.04. The second kappa shape index (κ2) is 6.50. The molecule has 0 unspecified atom stereocenters. The molecule has 3 rings (SSSR count). The Morgan fingerprint density at radius 3 is 1.48 bits per heavy atom. The van der Waals surface area contributed by atoms with Gasteiger partial charge in [0.25, 0.3) is 0 Å². The first-order valence-electron chi connectivity index (χ1n) is 7.08. The van der Waals surface area contributed by atoms with Gasteiger partial charge in [0.1, 0.15) is 5.56 Å². The fourth-order valence-corrected chi connectivity index (χ4v) is 4.64. The van der Waals surface area contributed by atoms with E-state index in [0.29, 0.717) is 4.90 Å². The highest BCUT2D eigenvalue weighted by atomic mass is 32.2. The molecule has 116 valence electrons. The van der Waals surface area contributed by atoms with E-state index in [9.17, 15) is 13.2 Å². The van der Waals surface area contributed by atoms with E-state index < -0.39 is 22.6 Å². The molecule has 0 bridgehead atoms. The third-order valence-electron chi connectivity index (χ3n) is 3.37. The number of benzene rings is 3. The minimum atomic E-state index is -4.37. The molecule has 0 aliphatic carbocycles. The Morgan fingerprint density at radius 1 is 0.565 bits per heavy atom. The highest BCUT2D eigenvalue weighted by Crippen LogP contribution is 2.39. The minimum absolute atomic E-state index is 0.303. The molecule has 0 fully saturated rings. The summed E-state index contributed by atoms with van der Waals surface area (Å²) in [5.74, 6) is 0. The smallest absolute Gasteiger partial charge is 0.166 e. The maximum Gasteiger partial charge on any atom is 0.421 e. The fraction of sp³-hybridized carbons (Fsp3) is 0.0526. The molecule has 4 heteroatoms. The number of hydrogen-bond donors (Lipinski definition) is 0. The lowest BCUT2D eigenvalue weighted by Crippen LogP contribution is -2.14. The van der Waals surface area contributed by atoms with Gasteiger partial charge < -0.3 is 0 Å². The number of rotatable bonds is 3. The SMILES string of the molecule is FC(F)(F)c1ccccc1[S+](c1ccccc1)c1ccccc1. The number of hydrogen-bond acceptors (Lipinski definition) is 0. The van der Waals surface area contributed by atoms with Crippen LogP contribution in [0.1, 0.15) is 5.56 Å². The first kappa shape index (κ1) is 15.7. The summed E-state index contributed by atoms with van der Waals surface area (Å²) < 4.78 is 40.3. The van der Waals surface area contributed by atoms with Crippen LogP contribution in [-0.2, 0) is 17.1 Å². The average Bonchev–Trinajstić information content (AvgIpc) is 2.57. The van der Waals surface area contributed by atoms with Crippen molar-refractivity contribution in [3.05, 3.63) is 90.5 Å². The van der Waals surface area contributed by atoms with Gasteiger partial charge in [-0.2, -0.15) is 13.2 Å². The zero-order valence-electron chi connectivity index (χ0n) is 12.1. The van der Waals surface area contributed by atoms with Crippen LogP contribution in [0.5, 0.6) is 0 Å². The molecule has 0 aromatic heterocycles. The Kier molecular flexibility index (Phi) is 4.44. The van der Waals surface area contributed by atoms with Crippen LogP contribution >= 0.6 is 0 Å². The van der Waals surface area contributed by atoms with E-state index in [2.05, 4.69) is 0 Å². The van der Waals surface area contributed by atoms with Crippen molar-refractivity contribution >= 4 is 10.9 Å². The molecule has 0 radical (unpaired) electrons. The maximum absolute atomic E-state index is 13.4. The second-order valence-corrected chi connectivity index (χ2v) is 6.92. The van der Waals surface area contributed by atoms with Crippen molar-refractivity contribution in [2.24, 2.45) is 0 Å². The molecule has 3 aromatic carbocycles. The lowest BCUT2D eigenvalue weighted by atomic mass is 10.2.